The van der Waals surface area contributed by atoms with Crippen LogP contribution in [-0.2, 0) is 12.6 Å². The Bertz CT molecular complexity index is 532. The van der Waals surface area contributed by atoms with Crippen molar-refractivity contribution in [3.63, 3.8) is 0 Å². The van der Waals surface area contributed by atoms with Crippen LogP contribution in [-0.4, -0.2) is 6.54 Å². The molecule has 2 N–H and O–H groups in total. The van der Waals surface area contributed by atoms with E-state index < -0.39 is 11.7 Å². The summed E-state index contributed by atoms with van der Waals surface area (Å²) in [7, 11) is 0. The first-order chi connectivity index (χ1) is 8.00. The summed E-state index contributed by atoms with van der Waals surface area (Å²) in [6, 6.07) is 9.24. The Morgan fingerprint density at radius 1 is 0.941 bits per heavy atom. The second-order valence-corrected chi connectivity index (χ2v) is 3.93. The van der Waals surface area contributed by atoms with Crippen LogP contribution in [0, 0.1) is 0 Å². The van der Waals surface area contributed by atoms with Gasteiger partial charge in [0.25, 0.3) is 0 Å². The number of hydrogen-bond donors (Lipinski definition) is 1. The minimum Gasteiger partial charge on any atom is -0.330 e. The van der Waals surface area contributed by atoms with Crippen LogP contribution in [0.15, 0.2) is 36.4 Å². The van der Waals surface area contributed by atoms with Gasteiger partial charge >= 0.3 is 6.18 Å². The molecule has 0 radical (unpaired) electrons. The predicted octanol–water partition coefficient (Wildman–Crippen LogP) is 3.36. The van der Waals surface area contributed by atoms with Crippen molar-refractivity contribution in [2.45, 2.75) is 12.6 Å². The Labute approximate surface area is 97.0 Å². The molecule has 0 spiro atoms. The molecular formula is C13H12F3N. The van der Waals surface area contributed by atoms with Gasteiger partial charge in [0.05, 0.1) is 5.56 Å². The molecule has 0 aliphatic carbocycles. The Hall–Kier alpha value is -1.55. The third kappa shape index (κ3) is 2.58. The second kappa shape index (κ2) is 4.37. The highest BCUT2D eigenvalue weighted by Crippen LogP contribution is 2.31. The highest BCUT2D eigenvalue weighted by molar-refractivity contribution is 5.84. The van der Waals surface area contributed by atoms with Crippen molar-refractivity contribution in [3.05, 3.63) is 47.5 Å². The summed E-state index contributed by atoms with van der Waals surface area (Å²) >= 11 is 0. The van der Waals surface area contributed by atoms with Crippen LogP contribution in [0.2, 0.25) is 0 Å². The summed E-state index contributed by atoms with van der Waals surface area (Å²) in [5.74, 6) is 0. The smallest absolute Gasteiger partial charge is 0.330 e. The molecule has 90 valence electrons. The molecule has 4 heteroatoms. The zero-order valence-corrected chi connectivity index (χ0v) is 9.09. The molecule has 0 saturated carbocycles. The molecule has 0 saturated heterocycles. The number of alkyl halides is 3. The maximum atomic E-state index is 12.5. The van der Waals surface area contributed by atoms with Gasteiger partial charge in [-0.1, -0.05) is 24.3 Å². The van der Waals surface area contributed by atoms with Gasteiger partial charge in [0.15, 0.2) is 0 Å². The molecule has 17 heavy (non-hydrogen) atoms. The maximum absolute atomic E-state index is 12.5. The molecule has 2 rings (SSSR count). The van der Waals surface area contributed by atoms with Crippen LogP contribution in [0.25, 0.3) is 10.8 Å². The fourth-order valence-electron chi connectivity index (χ4n) is 1.79. The molecule has 0 heterocycles. The Balaban J connectivity index is 2.51. The van der Waals surface area contributed by atoms with E-state index in [1.54, 1.807) is 6.07 Å². The monoisotopic (exact) mass is 239 g/mol. The van der Waals surface area contributed by atoms with Crippen molar-refractivity contribution in [2.75, 3.05) is 6.54 Å². The van der Waals surface area contributed by atoms with E-state index in [1.165, 1.54) is 12.1 Å². The maximum Gasteiger partial charge on any atom is 0.416 e. The van der Waals surface area contributed by atoms with Crippen molar-refractivity contribution in [2.24, 2.45) is 5.73 Å². The fraction of sp³-hybridized carbons (Fsp3) is 0.231. The third-order valence-electron chi connectivity index (χ3n) is 2.66. The van der Waals surface area contributed by atoms with Gasteiger partial charge in [-0.3, -0.25) is 0 Å². The first-order valence-corrected chi connectivity index (χ1v) is 5.30. The van der Waals surface area contributed by atoms with Crippen LogP contribution in [0.5, 0.6) is 0 Å². The summed E-state index contributed by atoms with van der Waals surface area (Å²) in [5, 5.41) is 1.41. The lowest BCUT2D eigenvalue weighted by molar-refractivity contribution is -0.137. The average Bonchev–Trinajstić information content (AvgIpc) is 2.27. The van der Waals surface area contributed by atoms with Crippen molar-refractivity contribution in [3.8, 4) is 0 Å². The van der Waals surface area contributed by atoms with E-state index in [1.807, 2.05) is 12.1 Å². The molecule has 0 bridgehead atoms. The molecule has 0 atom stereocenters. The summed E-state index contributed by atoms with van der Waals surface area (Å²) in [6.07, 6.45) is -3.62. The van der Waals surface area contributed by atoms with E-state index in [4.69, 9.17) is 5.73 Å². The SMILES string of the molecule is NCCc1ccc2ccc(C(F)(F)F)cc2c1. The van der Waals surface area contributed by atoms with E-state index in [-0.39, 0.29) is 0 Å². The van der Waals surface area contributed by atoms with E-state index in [0.717, 1.165) is 17.0 Å². The summed E-state index contributed by atoms with van der Waals surface area (Å²) in [6.45, 7) is 0.491. The van der Waals surface area contributed by atoms with Crippen molar-refractivity contribution >= 4 is 10.8 Å². The van der Waals surface area contributed by atoms with E-state index in [9.17, 15) is 13.2 Å². The largest absolute Gasteiger partial charge is 0.416 e. The van der Waals surface area contributed by atoms with Gasteiger partial charge in [0, 0.05) is 0 Å². The summed E-state index contributed by atoms with van der Waals surface area (Å²) < 4.78 is 37.6. The Kier molecular flexibility index (Phi) is 3.07. The van der Waals surface area contributed by atoms with Crippen LogP contribution < -0.4 is 5.73 Å². The highest BCUT2D eigenvalue weighted by Gasteiger charge is 2.30. The van der Waals surface area contributed by atoms with Gasteiger partial charge < -0.3 is 5.73 Å². The van der Waals surface area contributed by atoms with Crippen molar-refractivity contribution in [1.29, 1.82) is 0 Å². The number of fused-ring (bicyclic) bond motifs is 1. The number of rotatable bonds is 2. The molecule has 2 aromatic carbocycles. The molecule has 1 nitrogen and oxygen atoms in total. The van der Waals surface area contributed by atoms with Crippen LogP contribution in [0.4, 0.5) is 13.2 Å². The van der Waals surface area contributed by atoms with Crippen LogP contribution >= 0.6 is 0 Å². The quantitative estimate of drug-likeness (QED) is 0.854. The lowest BCUT2D eigenvalue weighted by Gasteiger charge is -2.08. The number of nitrogens with two attached hydrogens (primary N) is 1. The molecule has 0 fully saturated rings. The summed E-state index contributed by atoms with van der Waals surface area (Å²) in [4.78, 5) is 0. The van der Waals surface area contributed by atoms with Gasteiger partial charge in [-0.25, -0.2) is 0 Å². The topological polar surface area (TPSA) is 26.0 Å². The minimum atomic E-state index is -4.29. The highest BCUT2D eigenvalue weighted by atomic mass is 19.4. The third-order valence-corrected chi connectivity index (χ3v) is 2.66. The zero-order chi connectivity index (χ0) is 12.5. The second-order valence-electron chi connectivity index (χ2n) is 3.93. The Morgan fingerprint density at radius 2 is 1.65 bits per heavy atom. The van der Waals surface area contributed by atoms with Crippen molar-refractivity contribution < 1.29 is 13.2 Å². The van der Waals surface area contributed by atoms with Crippen LogP contribution in [0.3, 0.4) is 0 Å². The molecule has 2 aromatic rings. The van der Waals surface area contributed by atoms with E-state index >= 15 is 0 Å². The number of benzene rings is 2. The standard InChI is InChI=1S/C13H12F3N/c14-13(15,16)12-4-3-10-2-1-9(5-6-17)7-11(10)8-12/h1-4,7-8H,5-6,17H2. The normalized spacial score (nSPS) is 12.0. The molecule has 0 unspecified atom stereocenters. The molecular weight excluding hydrogens is 227 g/mol. The van der Waals surface area contributed by atoms with Gasteiger partial charge in [0.1, 0.15) is 0 Å². The zero-order valence-electron chi connectivity index (χ0n) is 9.09. The number of hydrogen-bond acceptors (Lipinski definition) is 1. The van der Waals surface area contributed by atoms with Gasteiger partial charge in [0.2, 0.25) is 0 Å². The first-order valence-electron chi connectivity index (χ1n) is 5.30. The van der Waals surface area contributed by atoms with E-state index in [2.05, 4.69) is 0 Å². The summed E-state index contributed by atoms with van der Waals surface area (Å²) in [5.41, 5.74) is 5.77. The van der Waals surface area contributed by atoms with Gasteiger partial charge in [-0.05, 0) is 41.4 Å². The Morgan fingerprint density at radius 3 is 2.29 bits per heavy atom. The molecule has 0 amide bonds. The molecule has 0 aromatic heterocycles. The predicted molar refractivity (Wildman–Crippen MR) is 61.7 cm³/mol. The minimum absolute atomic E-state index is 0.491. The molecule has 0 aliphatic rings. The lowest BCUT2D eigenvalue weighted by atomic mass is 10.0. The van der Waals surface area contributed by atoms with Crippen molar-refractivity contribution in [1.82, 2.24) is 0 Å². The average molecular weight is 239 g/mol. The van der Waals surface area contributed by atoms with E-state index in [0.29, 0.717) is 18.4 Å². The number of halogens is 3. The van der Waals surface area contributed by atoms with Crippen LogP contribution in [0.1, 0.15) is 11.1 Å². The fourth-order valence-corrected chi connectivity index (χ4v) is 1.79. The van der Waals surface area contributed by atoms with Gasteiger partial charge in [-0.15, -0.1) is 0 Å². The lowest BCUT2D eigenvalue weighted by Crippen LogP contribution is -2.04. The van der Waals surface area contributed by atoms with Gasteiger partial charge in [-0.2, -0.15) is 13.2 Å². The molecule has 0 aliphatic heterocycles. The first kappa shape index (κ1) is 11.9.